The van der Waals surface area contributed by atoms with Gasteiger partial charge in [0.2, 0.25) is 0 Å². The van der Waals surface area contributed by atoms with Crippen molar-refractivity contribution in [2.24, 2.45) is 5.92 Å². The van der Waals surface area contributed by atoms with Crippen LogP contribution in [0.4, 0.5) is 0 Å². The minimum Gasteiger partial charge on any atom is -0.497 e. The molecule has 0 heterocycles. The standard InChI is InChI=1S/C17H25NO3/c1-21-15-6-2-4-13(12-15)10-11-18-16-7-3-5-14(16)8-9-17(19)20/h2,4,6,12,14,16,18H,3,5,7-11H2,1H3,(H,19,20)/t14-,16+/m0/s1. The van der Waals surface area contributed by atoms with Gasteiger partial charge < -0.3 is 15.2 Å². The lowest BCUT2D eigenvalue weighted by molar-refractivity contribution is -0.137. The molecule has 1 fully saturated rings. The molecule has 116 valence electrons. The molecule has 0 spiro atoms. The molecule has 2 N–H and O–H groups in total. The summed E-state index contributed by atoms with van der Waals surface area (Å²) in [6.07, 6.45) is 5.60. The number of rotatable bonds is 8. The Hall–Kier alpha value is -1.55. The maximum Gasteiger partial charge on any atom is 0.303 e. The topological polar surface area (TPSA) is 58.6 Å². The number of hydrogen-bond donors (Lipinski definition) is 2. The van der Waals surface area contributed by atoms with Crippen molar-refractivity contribution in [1.29, 1.82) is 0 Å². The summed E-state index contributed by atoms with van der Waals surface area (Å²) in [6.45, 7) is 0.932. The van der Waals surface area contributed by atoms with Gasteiger partial charge in [-0.15, -0.1) is 0 Å². The summed E-state index contributed by atoms with van der Waals surface area (Å²) in [5.41, 5.74) is 1.27. The van der Waals surface area contributed by atoms with Crippen LogP contribution in [0, 0.1) is 5.92 Å². The van der Waals surface area contributed by atoms with Gasteiger partial charge in [0, 0.05) is 12.5 Å². The fraction of sp³-hybridized carbons (Fsp3) is 0.588. The fourth-order valence-corrected chi connectivity index (χ4v) is 3.19. The Morgan fingerprint density at radius 1 is 1.43 bits per heavy atom. The molecule has 0 amide bonds. The van der Waals surface area contributed by atoms with Crippen molar-refractivity contribution in [2.45, 2.75) is 44.6 Å². The number of aliphatic carboxylic acids is 1. The molecule has 21 heavy (non-hydrogen) atoms. The largest absolute Gasteiger partial charge is 0.497 e. The average molecular weight is 291 g/mol. The SMILES string of the molecule is COc1cccc(CCN[C@@H]2CCC[C@H]2CCC(=O)O)c1. The summed E-state index contributed by atoms with van der Waals surface area (Å²) in [6, 6.07) is 8.63. The molecule has 1 aliphatic rings. The zero-order chi connectivity index (χ0) is 15.1. The van der Waals surface area contributed by atoms with E-state index in [4.69, 9.17) is 9.84 Å². The van der Waals surface area contributed by atoms with Crippen molar-refractivity contribution in [3.8, 4) is 5.75 Å². The Labute approximate surface area is 126 Å². The second-order valence-electron chi connectivity index (χ2n) is 5.79. The van der Waals surface area contributed by atoms with Gasteiger partial charge in [0.1, 0.15) is 5.75 Å². The molecular weight excluding hydrogens is 266 g/mol. The van der Waals surface area contributed by atoms with Gasteiger partial charge in [-0.05, 0) is 55.8 Å². The molecule has 0 radical (unpaired) electrons. The third-order valence-corrected chi connectivity index (χ3v) is 4.34. The van der Waals surface area contributed by atoms with Crippen molar-refractivity contribution in [3.05, 3.63) is 29.8 Å². The Balaban J connectivity index is 1.75. The second-order valence-corrected chi connectivity index (χ2v) is 5.79. The molecule has 1 aromatic rings. The average Bonchev–Trinajstić information content (AvgIpc) is 2.93. The van der Waals surface area contributed by atoms with Crippen LogP contribution in [0.2, 0.25) is 0 Å². The number of carbonyl (C=O) groups is 1. The van der Waals surface area contributed by atoms with Crippen molar-refractivity contribution < 1.29 is 14.6 Å². The molecule has 0 bridgehead atoms. The zero-order valence-electron chi connectivity index (χ0n) is 12.7. The number of methoxy groups -OCH3 is 1. The fourth-order valence-electron chi connectivity index (χ4n) is 3.19. The molecule has 1 aromatic carbocycles. The second kappa shape index (κ2) is 8.03. The van der Waals surface area contributed by atoms with Crippen LogP contribution >= 0.6 is 0 Å². The van der Waals surface area contributed by atoms with Gasteiger partial charge in [-0.2, -0.15) is 0 Å². The molecule has 0 aromatic heterocycles. The quantitative estimate of drug-likeness (QED) is 0.773. The van der Waals surface area contributed by atoms with Gasteiger partial charge in [0.25, 0.3) is 0 Å². The molecule has 0 aliphatic heterocycles. The lowest BCUT2D eigenvalue weighted by Gasteiger charge is -2.20. The summed E-state index contributed by atoms with van der Waals surface area (Å²) in [5.74, 6) is 0.733. The number of ether oxygens (including phenoxy) is 1. The van der Waals surface area contributed by atoms with E-state index in [0.717, 1.165) is 31.6 Å². The summed E-state index contributed by atoms with van der Waals surface area (Å²) in [4.78, 5) is 10.7. The maximum absolute atomic E-state index is 10.7. The Morgan fingerprint density at radius 2 is 2.29 bits per heavy atom. The Morgan fingerprint density at radius 3 is 3.05 bits per heavy atom. The van der Waals surface area contributed by atoms with E-state index in [-0.39, 0.29) is 0 Å². The van der Waals surface area contributed by atoms with Crippen LogP contribution in [0.5, 0.6) is 5.75 Å². The number of nitrogens with one attached hydrogen (secondary N) is 1. The highest BCUT2D eigenvalue weighted by molar-refractivity contribution is 5.66. The molecule has 2 atom stereocenters. The summed E-state index contributed by atoms with van der Waals surface area (Å²) in [7, 11) is 1.68. The molecule has 0 unspecified atom stereocenters. The van der Waals surface area contributed by atoms with E-state index in [9.17, 15) is 4.79 Å². The van der Waals surface area contributed by atoms with E-state index in [0.29, 0.717) is 18.4 Å². The summed E-state index contributed by atoms with van der Waals surface area (Å²) >= 11 is 0. The van der Waals surface area contributed by atoms with E-state index in [2.05, 4.69) is 17.4 Å². The molecule has 0 saturated heterocycles. The van der Waals surface area contributed by atoms with Gasteiger partial charge in [-0.1, -0.05) is 18.6 Å². The lowest BCUT2D eigenvalue weighted by Crippen LogP contribution is -2.34. The van der Waals surface area contributed by atoms with E-state index >= 15 is 0 Å². The van der Waals surface area contributed by atoms with Gasteiger partial charge in [0.15, 0.2) is 0 Å². The predicted octanol–water partition coefficient (Wildman–Crippen LogP) is 2.86. The van der Waals surface area contributed by atoms with Crippen LogP contribution in [0.25, 0.3) is 0 Å². The zero-order valence-corrected chi connectivity index (χ0v) is 12.7. The highest BCUT2D eigenvalue weighted by Gasteiger charge is 2.26. The highest BCUT2D eigenvalue weighted by atomic mass is 16.5. The first-order valence-corrected chi connectivity index (χ1v) is 7.77. The van der Waals surface area contributed by atoms with Gasteiger partial charge in [-0.3, -0.25) is 4.79 Å². The number of hydrogen-bond acceptors (Lipinski definition) is 3. The number of carboxylic acids is 1. The first-order valence-electron chi connectivity index (χ1n) is 7.77. The van der Waals surface area contributed by atoms with Crippen molar-refractivity contribution in [2.75, 3.05) is 13.7 Å². The van der Waals surface area contributed by atoms with E-state index in [1.54, 1.807) is 7.11 Å². The van der Waals surface area contributed by atoms with Gasteiger partial charge in [0.05, 0.1) is 7.11 Å². The predicted molar refractivity (Wildman–Crippen MR) is 82.7 cm³/mol. The minimum atomic E-state index is -0.683. The molecular formula is C17H25NO3. The van der Waals surface area contributed by atoms with Crippen molar-refractivity contribution in [3.63, 3.8) is 0 Å². The summed E-state index contributed by atoms with van der Waals surface area (Å²) < 4.78 is 5.23. The van der Waals surface area contributed by atoms with Crippen molar-refractivity contribution in [1.82, 2.24) is 5.32 Å². The monoisotopic (exact) mass is 291 g/mol. The van der Waals surface area contributed by atoms with Crippen LogP contribution in [-0.2, 0) is 11.2 Å². The minimum absolute atomic E-state index is 0.290. The van der Waals surface area contributed by atoms with Crippen LogP contribution in [0.1, 0.15) is 37.7 Å². The van der Waals surface area contributed by atoms with Crippen LogP contribution < -0.4 is 10.1 Å². The van der Waals surface area contributed by atoms with E-state index in [1.807, 2.05) is 12.1 Å². The molecule has 1 aliphatic carbocycles. The van der Waals surface area contributed by atoms with Crippen LogP contribution in [-0.4, -0.2) is 30.8 Å². The molecule has 4 nitrogen and oxygen atoms in total. The Bertz CT molecular complexity index is 461. The van der Waals surface area contributed by atoms with Gasteiger partial charge in [-0.25, -0.2) is 0 Å². The smallest absolute Gasteiger partial charge is 0.303 e. The third-order valence-electron chi connectivity index (χ3n) is 4.34. The molecule has 1 saturated carbocycles. The van der Waals surface area contributed by atoms with Gasteiger partial charge >= 0.3 is 5.97 Å². The van der Waals surface area contributed by atoms with Crippen LogP contribution in [0.15, 0.2) is 24.3 Å². The first-order chi connectivity index (χ1) is 10.2. The number of benzene rings is 1. The van der Waals surface area contributed by atoms with E-state index in [1.165, 1.54) is 18.4 Å². The maximum atomic E-state index is 10.7. The first kappa shape index (κ1) is 15.8. The van der Waals surface area contributed by atoms with Crippen molar-refractivity contribution >= 4 is 5.97 Å². The Kier molecular flexibility index (Phi) is 6.05. The number of carboxylic acid groups (broad SMARTS) is 1. The highest BCUT2D eigenvalue weighted by Crippen LogP contribution is 2.29. The normalized spacial score (nSPS) is 21.4. The van der Waals surface area contributed by atoms with E-state index < -0.39 is 5.97 Å². The molecule has 2 rings (SSSR count). The lowest BCUT2D eigenvalue weighted by atomic mass is 9.97. The molecule has 4 heteroatoms. The van der Waals surface area contributed by atoms with Crippen LogP contribution in [0.3, 0.4) is 0 Å². The third kappa shape index (κ3) is 5.05. The summed E-state index contributed by atoms with van der Waals surface area (Å²) in [5, 5.41) is 12.4.